The third-order valence-corrected chi connectivity index (χ3v) is 4.72. The number of rotatable bonds is 5. The van der Waals surface area contributed by atoms with Crippen LogP contribution in [0.2, 0.25) is 0 Å². The average Bonchev–Trinajstić information content (AvgIpc) is 2.53. The Labute approximate surface area is 144 Å². The highest BCUT2D eigenvalue weighted by Crippen LogP contribution is 2.40. The van der Waals surface area contributed by atoms with Gasteiger partial charge < -0.3 is 9.47 Å². The van der Waals surface area contributed by atoms with Gasteiger partial charge >= 0.3 is 5.97 Å². The molecule has 0 N–H and O–H groups in total. The lowest BCUT2D eigenvalue weighted by Gasteiger charge is -2.52. The van der Waals surface area contributed by atoms with Gasteiger partial charge in [0.05, 0.1) is 14.2 Å². The van der Waals surface area contributed by atoms with E-state index in [1.165, 1.54) is 7.11 Å². The Balaban J connectivity index is 2.32. The zero-order valence-electron chi connectivity index (χ0n) is 15.6. The number of hydrogen-bond acceptors (Lipinski definition) is 5. The summed E-state index contributed by atoms with van der Waals surface area (Å²) in [5.41, 5.74) is 0.445. The summed E-state index contributed by atoms with van der Waals surface area (Å²) in [4.78, 5) is 18.6. The summed E-state index contributed by atoms with van der Waals surface area (Å²) in [7, 11) is 3.00. The van der Waals surface area contributed by atoms with Gasteiger partial charge in [-0.25, -0.2) is 4.79 Å². The number of benzene rings is 1. The number of nitrogens with zero attached hydrogens (tertiary/aromatic N) is 1. The van der Waals surface area contributed by atoms with Gasteiger partial charge in [-0.15, -0.1) is 0 Å². The fraction of sp³-hybridized carbons (Fsp3) is 0.632. The third-order valence-electron chi connectivity index (χ3n) is 4.72. The highest BCUT2D eigenvalue weighted by Gasteiger charge is 2.45. The Morgan fingerprint density at radius 1 is 1.04 bits per heavy atom. The van der Waals surface area contributed by atoms with Crippen LogP contribution in [0.5, 0.6) is 5.75 Å². The van der Waals surface area contributed by atoms with Gasteiger partial charge in [0, 0.05) is 11.1 Å². The van der Waals surface area contributed by atoms with Crippen molar-refractivity contribution in [3.63, 3.8) is 0 Å². The van der Waals surface area contributed by atoms with E-state index in [-0.39, 0.29) is 11.1 Å². The normalized spacial score (nSPS) is 21.1. The number of methoxy groups -OCH3 is 2. The summed E-state index contributed by atoms with van der Waals surface area (Å²) in [6, 6.07) is 7.32. The Morgan fingerprint density at radius 3 is 2.04 bits per heavy atom. The molecule has 1 aromatic rings. The molecule has 1 aliphatic rings. The van der Waals surface area contributed by atoms with Gasteiger partial charge in [0.15, 0.2) is 0 Å². The van der Waals surface area contributed by atoms with Crippen molar-refractivity contribution < 1.29 is 19.1 Å². The first-order chi connectivity index (χ1) is 11.2. The van der Waals surface area contributed by atoms with Crippen LogP contribution in [0.4, 0.5) is 0 Å². The Bertz CT molecular complexity index is 549. The molecule has 5 nitrogen and oxygen atoms in total. The van der Waals surface area contributed by atoms with Crippen molar-refractivity contribution >= 4 is 5.97 Å². The van der Waals surface area contributed by atoms with Gasteiger partial charge in [-0.2, -0.15) is 5.06 Å². The van der Waals surface area contributed by atoms with E-state index in [1.807, 2.05) is 29.3 Å². The lowest BCUT2D eigenvalue weighted by molar-refractivity contribution is -0.304. The molecule has 0 radical (unpaired) electrons. The molecule has 0 aliphatic carbocycles. The largest absolute Gasteiger partial charge is 0.497 e. The maximum absolute atomic E-state index is 12.4. The van der Waals surface area contributed by atoms with Crippen LogP contribution >= 0.6 is 0 Å². The molecule has 0 saturated carbocycles. The van der Waals surface area contributed by atoms with E-state index >= 15 is 0 Å². The summed E-state index contributed by atoms with van der Waals surface area (Å²) >= 11 is 0. The number of carbonyl (C=O) groups is 1. The highest BCUT2D eigenvalue weighted by atomic mass is 16.7. The number of ether oxygens (including phenoxy) is 2. The summed E-state index contributed by atoms with van der Waals surface area (Å²) < 4.78 is 10.2. The zero-order valence-corrected chi connectivity index (χ0v) is 15.6. The van der Waals surface area contributed by atoms with Crippen LogP contribution in [0.3, 0.4) is 0 Å². The zero-order chi connectivity index (χ0) is 18.0. The first-order valence-corrected chi connectivity index (χ1v) is 8.40. The van der Waals surface area contributed by atoms with E-state index in [4.69, 9.17) is 14.3 Å². The minimum atomic E-state index is -0.794. The molecule has 1 aromatic carbocycles. The summed E-state index contributed by atoms with van der Waals surface area (Å²) in [5, 5.41) is 1.98. The number of piperidine rings is 1. The molecule has 1 saturated heterocycles. The number of carbonyl (C=O) groups excluding carboxylic acids is 1. The van der Waals surface area contributed by atoms with Crippen molar-refractivity contribution in [2.45, 2.75) is 64.1 Å². The van der Waals surface area contributed by atoms with E-state index in [0.717, 1.165) is 30.6 Å². The number of hydroxylamine groups is 2. The molecule has 1 unspecified atom stereocenters. The minimum Gasteiger partial charge on any atom is -0.497 e. The molecule has 5 heteroatoms. The molecule has 2 rings (SSSR count). The smallest absolute Gasteiger partial charge is 0.341 e. The van der Waals surface area contributed by atoms with Gasteiger partial charge in [0.2, 0.25) is 6.10 Å². The number of hydrogen-bond donors (Lipinski definition) is 0. The van der Waals surface area contributed by atoms with Crippen molar-refractivity contribution in [3.05, 3.63) is 29.8 Å². The van der Waals surface area contributed by atoms with Gasteiger partial charge in [-0.05, 0) is 64.7 Å². The second-order valence-electron chi connectivity index (χ2n) is 7.55. The van der Waals surface area contributed by atoms with Crippen molar-refractivity contribution in [1.29, 1.82) is 0 Å². The second kappa shape index (κ2) is 7.11. The first-order valence-electron chi connectivity index (χ1n) is 8.40. The van der Waals surface area contributed by atoms with Crippen molar-refractivity contribution in [3.8, 4) is 5.75 Å². The Hall–Kier alpha value is -1.59. The maximum atomic E-state index is 12.4. The molecule has 24 heavy (non-hydrogen) atoms. The molecule has 1 atom stereocenters. The Morgan fingerprint density at radius 2 is 1.58 bits per heavy atom. The van der Waals surface area contributed by atoms with E-state index in [0.29, 0.717) is 0 Å². The van der Waals surface area contributed by atoms with Crippen molar-refractivity contribution in [2.75, 3.05) is 14.2 Å². The second-order valence-corrected chi connectivity index (χ2v) is 7.55. The third kappa shape index (κ3) is 3.90. The van der Waals surface area contributed by atoms with Crippen molar-refractivity contribution in [2.24, 2.45) is 0 Å². The average molecular weight is 335 g/mol. The molecule has 0 amide bonds. The number of esters is 1. The monoisotopic (exact) mass is 335 g/mol. The minimum absolute atomic E-state index is 0.152. The van der Waals surface area contributed by atoms with Crippen LogP contribution < -0.4 is 4.74 Å². The first kappa shape index (κ1) is 18.7. The SMILES string of the molecule is COC(=O)C(ON1C(C)(C)CCCC1(C)C)c1ccc(OC)cc1. The van der Waals surface area contributed by atoms with Crippen LogP contribution in [0.15, 0.2) is 24.3 Å². The molecule has 1 fully saturated rings. The fourth-order valence-electron chi connectivity index (χ4n) is 3.49. The molecule has 1 heterocycles. The quantitative estimate of drug-likeness (QED) is 0.764. The van der Waals surface area contributed by atoms with Crippen LogP contribution in [-0.2, 0) is 14.4 Å². The summed E-state index contributed by atoms with van der Waals surface area (Å²) in [6.07, 6.45) is 2.39. The molecule has 1 aliphatic heterocycles. The van der Waals surface area contributed by atoms with Crippen molar-refractivity contribution in [1.82, 2.24) is 5.06 Å². The molecular weight excluding hydrogens is 306 g/mol. The highest BCUT2D eigenvalue weighted by molar-refractivity contribution is 5.76. The van der Waals surface area contributed by atoms with E-state index in [9.17, 15) is 4.79 Å². The predicted octanol–water partition coefficient (Wildman–Crippen LogP) is 3.88. The predicted molar refractivity (Wildman–Crippen MR) is 92.7 cm³/mol. The van der Waals surface area contributed by atoms with E-state index in [1.54, 1.807) is 7.11 Å². The fourth-order valence-corrected chi connectivity index (χ4v) is 3.49. The van der Waals surface area contributed by atoms with E-state index < -0.39 is 12.1 Å². The van der Waals surface area contributed by atoms with Crippen LogP contribution in [-0.4, -0.2) is 36.3 Å². The van der Waals surface area contributed by atoms with Crippen LogP contribution in [0.25, 0.3) is 0 Å². The topological polar surface area (TPSA) is 48.0 Å². The maximum Gasteiger partial charge on any atom is 0.341 e. The Kier molecular flexibility index (Phi) is 5.56. The van der Waals surface area contributed by atoms with E-state index in [2.05, 4.69) is 27.7 Å². The van der Waals surface area contributed by atoms with Gasteiger partial charge in [-0.3, -0.25) is 4.84 Å². The summed E-state index contributed by atoms with van der Waals surface area (Å²) in [6.45, 7) is 8.60. The summed E-state index contributed by atoms with van der Waals surface area (Å²) in [5.74, 6) is 0.332. The van der Waals surface area contributed by atoms with Gasteiger partial charge in [-0.1, -0.05) is 12.1 Å². The molecule has 0 bridgehead atoms. The van der Waals surface area contributed by atoms with Crippen LogP contribution in [0, 0.1) is 0 Å². The van der Waals surface area contributed by atoms with Crippen LogP contribution in [0.1, 0.15) is 58.6 Å². The van der Waals surface area contributed by atoms with Gasteiger partial charge in [0.25, 0.3) is 0 Å². The molecular formula is C19H29NO4. The molecule has 134 valence electrons. The molecule has 0 spiro atoms. The molecule has 0 aromatic heterocycles. The standard InChI is InChI=1S/C19H29NO4/c1-18(2)12-7-13-19(3,4)20(18)24-16(17(21)23-6)14-8-10-15(22-5)11-9-14/h8-11,16H,7,12-13H2,1-6H3. The van der Waals surface area contributed by atoms with Gasteiger partial charge in [0.1, 0.15) is 5.75 Å². The lowest BCUT2D eigenvalue weighted by atomic mass is 9.82. The lowest BCUT2D eigenvalue weighted by Crippen LogP contribution is -2.58.